The minimum atomic E-state index is 0.272. The molecule has 0 radical (unpaired) electrons. The van der Waals surface area contributed by atoms with Gasteiger partial charge in [0, 0.05) is 5.41 Å². The van der Waals surface area contributed by atoms with E-state index in [1.807, 2.05) is 19.9 Å². The van der Waals surface area contributed by atoms with Crippen LogP contribution in [0.25, 0.3) is 0 Å². The van der Waals surface area contributed by atoms with E-state index in [0.717, 1.165) is 6.42 Å². The van der Waals surface area contributed by atoms with Crippen molar-refractivity contribution in [1.82, 2.24) is 0 Å². The molecule has 0 unspecified atom stereocenters. The predicted molar refractivity (Wildman–Crippen MR) is 110 cm³/mol. The summed E-state index contributed by atoms with van der Waals surface area (Å²) in [5, 5.41) is 0. The standard InChI is InChI=1S/C22H32.C2H6/c1-4-7-15-20(13-5-2)22(17-11-8-12-18-22)21-16-10-9-14-19(21)6-3;1-2/h5,9-10,13-14,16H,2,4,6-8,11-12,15,17-18H2,1,3H3;1-2H3/b20-13+;. The summed E-state index contributed by atoms with van der Waals surface area (Å²) in [6.45, 7) is 12.6. The molecule has 0 heterocycles. The summed E-state index contributed by atoms with van der Waals surface area (Å²) in [5.74, 6) is 0. The number of benzene rings is 1. The molecule has 0 aromatic heterocycles. The third-order valence-electron chi connectivity index (χ3n) is 5.35. The van der Waals surface area contributed by atoms with Gasteiger partial charge >= 0.3 is 0 Å². The summed E-state index contributed by atoms with van der Waals surface area (Å²) >= 11 is 0. The van der Waals surface area contributed by atoms with Crippen molar-refractivity contribution in [2.75, 3.05) is 0 Å². The number of hydrogen-bond donors (Lipinski definition) is 0. The first-order valence-electron chi connectivity index (χ1n) is 10.2. The molecule has 0 nitrogen and oxygen atoms in total. The van der Waals surface area contributed by atoms with Crippen molar-refractivity contribution in [3.63, 3.8) is 0 Å². The number of unbranched alkanes of at least 4 members (excludes halogenated alkanes) is 1. The Balaban J connectivity index is 0.00000139. The molecule has 0 N–H and O–H groups in total. The molecule has 0 bridgehead atoms. The molecule has 134 valence electrons. The van der Waals surface area contributed by atoms with E-state index in [1.165, 1.54) is 56.9 Å². The second-order valence-corrected chi connectivity index (χ2v) is 6.68. The van der Waals surface area contributed by atoms with Gasteiger partial charge in [-0.15, -0.1) is 0 Å². The van der Waals surface area contributed by atoms with Crippen LogP contribution in [0.3, 0.4) is 0 Å². The van der Waals surface area contributed by atoms with Gasteiger partial charge in [-0.05, 0) is 43.2 Å². The van der Waals surface area contributed by atoms with Crippen molar-refractivity contribution in [1.29, 1.82) is 0 Å². The topological polar surface area (TPSA) is 0 Å². The molecule has 1 aromatic carbocycles. The lowest BCUT2D eigenvalue weighted by Crippen LogP contribution is -2.32. The predicted octanol–water partition coefficient (Wildman–Crippen LogP) is 7.78. The highest BCUT2D eigenvalue weighted by Crippen LogP contribution is 2.47. The van der Waals surface area contributed by atoms with Gasteiger partial charge in [-0.2, -0.15) is 0 Å². The van der Waals surface area contributed by atoms with Crippen LogP contribution in [0, 0.1) is 0 Å². The summed E-state index contributed by atoms with van der Waals surface area (Å²) in [5.41, 5.74) is 5.04. The molecule has 1 aromatic rings. The van der Waals surface area contributed by atoms with Gasteiger partial charge in [0.15, 0.2) is 0 Å². The second-order valence-electron chi connectivity index (χ2n) is 6.68. The van der Waals surface area contributed by atoms with Crippen LogP contribution in [0.15, 0.2) is 48.6 Å². The Bertz CT molecular complexity index is 501. The molecule has 0 heteroatoms. The van der Waals surface area contributed by atoms with Gasteiger partial charge in [0.1, 0.15) is 0 Å². The van der Waals surface area contributed by atoms with Crippen LogP contribution >= 0.6 is 0 Å². The first-order valence-corrected chi connectivity index (χ1v) is 10.2. The fourth-order valence-electron chi connectivity index (χ4n) is 4.21. The molecule has 0 spiro atoms. The fourth-order valence-corrected chi connectivity index (χ4v) is 4.21. The summed E-state index contributed by atoms with van der Waals surface area (Å²) in [4.78, 5) is 0. The molecule has 1 saturated carbocycles. The molecular formula is C24H38. The van der Waals surface area contributed by atoms with E-state index in [4.69, 9.17) is 0 Å². The Labute approximate surface area is 151 Å². The van der Waals surface area contributed by atoms with Crippen molar-refractivity contribution in [2.45, 2.75) is 90.9 Å². The van der Waals surface area contributed by atoms with Crippen molar-refractivity contribution >= 4 is 0 Å². The maximum absolute atomic E-state index is 3.99. The van der Waals surface area contributed by atoms with Gasteiger partial charge in [-0.1, -0.05) is 102 Å². The molecule has 0 atom stereocenters. The lowest BCUT2D eigenvalue weighted by molar-refractivity contribution is 0.329. The van der Waals surface area contributed by atoms with Gasteiger partial charge in [-0.3, -0.25) is 0 Å². The SMILES string of the molecule is C=C/C=C(\CCCC)C1(c2ccccc2CC)CCCCC1.CC. The molecule has 0 saturated heterocycles. The number of aryl methyl sites for hydroxylation is 1. The van der Waals surface area contributed by atoms with Gasteiger partial charge in [0.25, 0.3) is 0 Å². The smallest absolute Gasteiger partial charge is 0.0167 e. The summed E-state index contributed by atoms with van der Waals surface area (Å²) < 4.78 is 0. The minimum Gasteiger partial charge on any atom is -0.0991 e. The van der Waals surface area contributed by atoms with Crippen LogP contribution in [0.1, 0.15) is 90.2 Å². The van der Waals surface area contributed by atoms with Gasteiger partial charge in [0.05, 0.1) is 0 Å². The normalized spacial score (nSPS) is 16.9. The van der Waals surface area contributed by atoms with Crippen molar-refractivity contribution in [3.05, 3.63) is 59.7 Å². The highest BCUT2D eigenvalue weighted by molar-refractivity contribution is 5.43. The first-order chi connectivity index (χ1) is 11.8. The maximum atomic E-state index is 3.99. The molecule has 0 aliphatic heterocycles. The van der Waals surface area contributed by atoms with E-state index < -0.39 is 0 Å². The van der Waals surface area contributed by atoms with E-state index in [1.54, 1.807) is 11.1 Å². The highest BCUT2D eigenvalue weighted by atomic mass is 14.4. The monoisotopic (exact) mass is 326 g/mol. The summed E-state index contributed by atoms with van der Waals surface area (Å²) in [6, 6.07) is 9.15. The van der Waals surface area contributed by atoms with Crippen LogP contribution in [0.2, 0.25) is 0 Å². The van der Waals surface area contributed by atoms with E-state index in [9.17, 15) is 0 Å². The third kappa shape index (κ3) is 4.85. The van der Waals surface area contributed by atoms with E-state index in [2.05, 4.69) is 50.8 Å². The van der Waals surface area contributed by atoms with Crippen molar-refractivity contribution in [2.24, 2.45) is 0 Å². The van der Waals surface area contributed by atoms with Crippen LogP contribution in [0.4, 0.5) is 0 Å². The Morgan fingerprint density at radius 2 is 1.75 bits per heavy atom. The molecular weight excluding hydrogens is 288 g/mol. The molecule has 1 aliphatic rings. The zero-order chi connectivity index (χ0) is 17.8. The average molecular weight is 327 g/mol. The largest absolute Gasteiger partial charge is 0.0991 e. The summed E-state index contributed by atoms with van der Waals surface area (Å²) in [7, 11) is 0. The molecule has 0 amide bonds. The van der Waals surface area contributed by atoms with Crippen LogP contribution in [-0.4, -0.2) is 0 Å². The Hall–Kier alpha value is -1.30. The van der Waals surface area contributed by atoms with E-state index >= 15 is 0 Å². The molecule has 1 fully saturated rings. The number of hydrogen-bond acceptors (Lipinski definition) is 0. The van der Waals surface area contributed by atoms with Gasteiger partial charge in [-0.25, -0.2) is 0 Å². The number of allylic oxidation sites excluding steroid dienone is 3. The minimum absolute atomic E-state index is 0.272. The highest BCUT2D eigenvalue weighted by Gasteiger charge is 2.37. The zero-order valence-corrected chi connectivity index (χ0v) is 16.5. The van der Waals surface area contributed by atoms with Crippen molar-refractivity contribution < 1.29 is 0 Å². The molecule has 2 rings (SSSR count). The van der Waals surface area contributed by atoms with E-state index in [0.29, 0.717) is 0 Å². The van der Waals surface area contributed by atoms with Crippen LogP contribution < -0.4 is 0 Å². The van der Waals surface area contributed by atoms with Crippen molar-refractivity contribution in [3.8, 4) is 0 Å². The number of rotatable bonds is 7. The lowest BCUT2D eigenvalue weighted by atomic mass is 9.62. The van der Waals surface area contributed by atoms with E-state index in [-0.39, 0.29) is 5.41 Å². The average Bonchev–Trinajstić information content (AvgIpc) is 2.67. The summed E-state index contributed by atoms with van der Waals surface area (Å²) in [6.07, 6.45) is 16.0. The zero-order valence-electron chi connectivity index (χ0n) is 16.5. The first kappa shape index (κ1) is 20.7. The Kier molecular flexibility index (Phi) is 9.76. The molecule has 1 aliphatic carbocycles. The fraction of sp³-hybridized carbons (Fsp3) is 0.583. The maximum Gasteiger partial charge on any atom is 0.0167 e. The lowest BCUT2D eigenvalue weighted by Gasteiger charge is -2.42. The third-order valence-corrected chi connectivity index (χ3v) is 5.35. The van der Waals surface area contributed by atoms with Crippen LogP contribution in [-0.2, 0) is 11.8 Å². The Morgan fingerprint density at radius 3 is 2.33 bits per heavy atom. The quantitative estimate of drug-likeness (QED) is 0.449. The Morgan fingerprint density at radius 1 is 1.08 bits per heavy atom. The van der Waals surface area contributed by atoms with Gasteiger partial charge in [0.2, 0.25) is 0 Å². The second kappa shape index (κ2) is 11.3. The van der Waals surface area contributed by atoms with Crippen LogP contribution in [0.5, 0.6) is 0 Å². The molecule has 24 heavy (non-hydrogen) atoms. The van der Waals surface area contributed by atoms with Gasteiger partial charge < -0.3 is 0 Å².